The zero-order valence-electron chi connectivity index (χ0n) is 4.18. The maximum absolute atomic E-state index is 3.72. The van der Waals surface area contributed by atoms with Crippen LogP contribution in [-0.2, 0) is 16.0 Å². The van der Waals surface area contributed by atoms with Crippen molar-refractivity contribution in [1.29, 1.82) is 0 Å². The Morgan fingerprint density at radius 1 is 1.33 bits per heavy atom. The summed E-state index contributed by atoms with van der Waals surface area (Å²) < 4.78 is 0. The molecular formula is C5H11Fe. The van der Waals surface area contributed by atoms with E-state index in [0.717, 1.165) is 5.32 Å². The van der Waals surface area contributed by atoms with Crippen LogP contribution in [0.5, 0.6) is 0 Å². The molecule has 0 saturated carbocycles. The van der Waals surface area contributed by atoms with Crippen molar-refractivity contribution in [2.45, 2.75) is 31.5 Å². The molecule has 0 saturated heterocycles. The Morgan fingerprint density at radius 2 is 2.00 bits per heavy atom. The van der Waals surface area contributed by atoms with Crippen molar-refractivity contribution in [2.75, 3.05) is 0 Å². The standard InChI is InChI=1S/C5H11.Fe/c1-3-5-4-2;/h1,3-5H2,2H3;. The first-order valence-electron chi connectivity index (χ1n) is 2.46. The van der Waals surface area contributed by atoms with Gasteiger partial charge in [0.2, 0.25) is 0 Å². The molecular weight excluding hydrogens is 116 g/mol. The van der Waals surface area contributed by atoms with E-state index in [0.29, 0.717) is 0 Å². The number of unbranched alkanes of at least 4 members (excludes halogenated alkanes) is 2. The predicted molar refractivity (Wildman–Crippen MR) is 24.3 cm³/mol. The van der Waals surface area contributed by atoms with E-state index in [1.54, 1.807) is 0 Å². The molecule has 0 heterocycles. The van der Waals surface area contributed by atoms with Gasteiger partial charge >= 0.3 is 47.5 Å². The van der Waals surface area contributed by atoms with E-state index in [9.17, 15) is 0 Å². The third-order valence-electron chi connectivity index (χ3n) is 0.729. The molecule has 0 nitrogen and oxygen atoms in total. The molecule has 0 bridgehead atoms. The molecule has 0 aliphatic heterocycles. The molecule has 0 radical (unpaired) electrons. The summed E-state index contributed by atoms with van der Waals surface area (Å²) >= 11 is 3.72. The quantitative estimate of drug-likeness (QED) is 0.402. The second-order valence-corrected chi connectivity index (χ2v) is 1.94. The van der Waals surface area contributed by atoms with Gasteiger partial charge in [-0.15, -0.1) is 0 Å². The zero-order valence-corrected chi connectivity index (χ0v) is 5.29. The molecule has 1 heteroatoms. The summed E-state index contributed by atoms with van der Waals surface area (Å²) in [6, 6.07) is 0. The van der Waals surface area contributed by atoms with E-state index in [-0.39, 0.29) is 0 Å². The van der Waals surface area contributed by atoms with E-state index in [1.165, 1.54) is 19.3 Å². The minimum atomic E-state index is 1.10. The second-order valence-electron chi connectivity index (χ2n) is 1.38. The average Bonchev–Trinajstić information content (AvgIpc) is 1.61. The minimum absolute atomic E-state index is 1.10. The normalized spacial score (nSPS) is 9.00. The van der Waals surface area contributed by atoms with Crippen molar-refractivity contribution in [2.24, 2.45) is 0 Å². The number of rotatable bonds is 3. The first-order chi connectivity index (χ1) is 2.91. The van der Waals surface area contributed by atoms with E-state index in [1.807, 2.05) is 0 Å². The third-order valence-corrected chi connectivity index (χ3v) is 1.12. The summed E-state index contributed by atoms with van der Waals surface area (Å²) in [5, 5.41) is 1.10. The monoisotopic (exact) mass is 127 g/mol. The summed E-state index contributed by atoms with van der Waals surface area (Å²) in [5.74, 6) is 0. The van der Waals surface area contributed by atoms with Gasteiger partial charge in [0.05, 0.1) is 0 Å². The SMILES string of the molecule is CCCC[CH2][Fe]. The third kappa shape index (κ3) is 4.52. The molecule has 6 heavy (non-hydrogen) atoms. The van der Waals surface area contributed by atoms with Gasteiger partial charge in [0.1, 0.15) is 0 Å². The Bertz CT molecular complexity index is 15.9. The number of hydrogen-bond donors (Lipinski definition) is 0. The summed E-state index contributed by atoms with van der Waals surface area (Å²) in [7, 11) is 0. The Morgan fingerprint density at radius 3 is 2.17 bits per heavy atom. The molecule has 0 N–H and O–H groups in total. The molecule has 0 aliphatic carbocycles. The van der Waals surface area contributed by atoms with Crippen molar-refractivity contribution >= 4 is 0 Å². The molecule has 0 unspecified atom stereocenters. The Balaban J connectivity index is 2.34. The molecule has 0 amide bonds. The molecule has 0 aromatic heterocycles. The van der Waals surface area contributed by atoms with Gasteiger partial charge in [-0.05, 0) is 0 Å². The van der Waals surface area contributed by atoms with Crippen LogP contribution >= 0.6 is 0 Å². The molecule has 0 atom stereocenters. The topological polar surface area (TPSA) is 0 Å². The fourth-order valence-corrected chi connectivity index (χ4v) is 0.614. The van der Waals surface area contributed by atoms with E-state index in [2.05, 4.69) is 22.9 Å². The predicted octanol–water partition coefficient (Wildman–Crippen LogP) is 2.14. The molecule has 0 aliphatic rings. The zero-order chi connectivity index (χ0) is 4.83. The van der Waals surface area contributed by atoms with Crippen LogP contribution in [0.15, 0.2) is 0 Å². The molecule has 0 aromatic rings. The van der Waals surface area contributed by atoms with Gasteiger partial charge < -0.3 is 0 Å². The van der Waals surface area contributed by atoms with Crippen molar-refractivity contribution in [3.05, 3.63) is 0 Å². The van der Waals surface area contributed by atoms with E-state index < -0.39 is 0 Å². The van der Waals surface area contributed by atoms with Crippen LogP contribution in [0.2, 0.25) is 5.32 Å². The fourth-order valence-electron chi connectivity index (χ4n) is 0.338. The van der Waals surface area contributed by atoms with Gasteiger partial charge in [0.25, 0.3) is 0 Å². The van der Waals surface area contributed by atoms with Gasteiger partial charge in [-0.25, -0.2) is 0 Å². The average molecular weight is 127 g/mol. The van der Waals surface area contributed by atoms with Crippen LogP contribution in [0.4, 0.5) is 0 Å². The first kappa shape index (κ1) is 6.52. The molecule has 0 spiro atoms. The first-order valence-corrected chi connectivity index (χ1v) is 3.24. The van der Waals surface area contributed by atoms with Crippen molar-refractivity contribution in [3.8, 4) is 0 Å². The van der Waals surface area contributed by atoms with Crippen LogP contribution in [0.1, 0.15) is 26.2 Å². The Hall–Kier alpha value is 0.519. The number of hydrogen-bond acceptors (Lipinski definition) is 0. The van der Waals surface area contributed by atoms with E-state index in [4.69, 9.17) is 0 Å². The molecule has 39 valence electrons. The summed E-state index contributed by atoms with van der Waals surface area (Å²) in [6.45, 7) is 2.20. The van der Waals surface area contributed by atoms with Crippen LogP contribution in [0, 0.1) is 0 Å². The molecule has 0 fully saturated rings. The van der Waals surface area contributed by atoms with Gasteiger partial charge in [0, 0.05) is 0 Å². The fraction of sp³-hybridized carbons (Fsp3) is 1.00. The summed E-state index contributed by atoms with van der Waals surface area (Å²) in [5.41, 5.74) is 0. The van der Waals surface area contributed by atoms with Crippen LogP contribution < -0.4 is 0 Å². The van der Waals surface area contributed by atoms with Crippen LogP contribution in [0.25, 0.3) is 0 Å². The van der Waals surface area contributed by atoms with Gasteiger partial charge in [-0.3, -0.25) is 0 Å². The van der Waals surface area contributed by atoms with Crippen molar-refractivity contribution in [1.82, 2.24) is 0 Å². The van der Waals surface area contributed by atoms with Crippen molar-refractivity contribution < 1.29 is 16.0 Å². The molecule has 0 aromatic carbocycles. The van der Waals surface area contributed by atoms with Gasteiger partial charge in [0.15, 0.2) is 0 Å². The summed E-state index contributed by atoms with van der Waals surface area (Å²) in [6.07, 6.45) is 3.97. The maximum atomic E-state index is 3.72. The Labute approximate surface area is 48.1 Å². The van der Waals surface area contributed by atoms with Gasteiger partial charge in [-0.2, -0.15) is 0 Å². The van der Waals surface area contributed by atoms with Crippen LogP contribution in [0.3, 0.4) is 0 Å². The second kappa shape index (κ2) is 5.52. The van der Waals surface area contributed by atoms with Gasteiger partial charge in [-0.1, -0.05) is 0 Å². The summed E-state index contributed by atoms with van der Waals surface area (Å²) in [4.78, 5) is 0. The van der Waals surface area contributed by atoms with Crippen molar-refractivity contribution in [3.63, 3.8) is 0 Å². The van der Waals surface area contributed by atoms with E-state index >= 15 is 0 Å². The molecule has 0 rings (SSSR count). The van der Waals surface area contributed by atoms with Crippen LogP contribution in [-0.4, -0.2) is 0 Å². The Kier molecular flexibility index (Phi) is 6.00.